The van der Waals surface area contributed by atoms with Crippen LogP contribution in [0.2, 0.25) is 0 Å². The second kappa shape index (κ2) is 4.85. The quantitative estimate of drug-likeness (QED) is 0.823. The van der Waals surface area contributed by atoms with E-state index in [9.17, 15) is 18.4 Å². The predicted octanol–water partition coefficient (Wildman–Crippen LogP) is 1.67. The Hall–Kier alpha value is -1.98. The minimum atomic E-state index is -1.21. The smallest absolute Gasteiger partial charge is 0.248 e. The van der Waals surface area contributed by atoms with E-state index < -0.39 is 40.9 Å². The third kappa shape index (κ3) is 2.64. The van der Waals surface area contributed by atoms with Gasteiger partial charge < -0.3 is 10.6 Å². The summed E-state index contributed by atoms with van der Waals surface area (Å²) in [6.45, 7) is 5.42. The van der Waals surface area contributed by atoms with E-state index >= 15 is 0 Å². The van der Waals surface area contributed by atoms with E-state index in [2.05, 4.69) is 10.6 Å². The normalized spacial score (nSPS) is 23.2. The zero-order chi connectivity index (χ0) is 15.1. The average Bonchev–Trinajstić information content (AvgIpc) is 2.33. The number of carbonyl (C=O) groups excluding carboxylic acids is 2. The molecule has 2 amide bonds. The molecule has 2 rings (SSSR count). The van der Waals surface area contributed by atoms with Crippen molar-refractivity contribution in [3.8, 4) is 0 Å². The van der Waals surface area contributed by atoms with Gasteiger partial charge in [0.25, 0.3) is 0 Å². The Morgan fingerprint density at radius 2 is 1.70 bits per heavy atom. The molecule has 1 saturated heterocycles. The van der Waals surface area contributed by atoms with Crippen LogP contribution in [0.5, 0.6) is 0 Å². The molecule has 1 aliphatic rings. The summed E-state index contributed by atoms with van der Waals surface area (Å²) in [6.07, 6.45) is 0. The summed E-state index contributed by atoms with van der Waals surface area (Å²) < 4.78 is 26.9. The van der Waals surface area contributed by atoms with Gasteiger partial charge in [0.2, 0.25) is 11.8 Å². The fraction of sp³-hybridized carbons (Fsp3) is 0.429. The van der Waals surface area contributed by atoms with Gasteiger partial charge in [-0.2, -0.15) is 0 Å². The van der Waals surface area contributed by atoms with Gasteiger partial charge in [0.15, 0.2) is 0 Å². The van der Waals surface area contributed by atoms with E-state index in [0.29, 0.717) is 0 Å². The van der Waals surface area contributed by atoms with Crippen molar-refractivity contribution in [1.82, 2.24) is 10.6 Å². The van der Waals surface area contributed by atoms with E-state index in [1.54, 1.807) is 20.8 Å². The minimum Gasteiger partial charge on any atom is -0.342 e. The standard InChI is InChI=1S/C14H16F2N2O2/c1-14(2,3)11-13(20)17-10(12(19)18-11)8-6-7(15)4-5-9(8)16/h4-6,10-11H,1-3H3,(H,17,20)(H,18,19)/t10?,11-/m1/s1. The number of nitrogens with one attached hydrogen (secondary N) is 2. The van der Waals surface area contributed by atoms with Crippen molar-refractivity contribution in [1.29, 1.82) is 0 Å². The van der Waals surface area contributed by atoms with Crippen LogP contribution in [0.1, 0.15) is 32.4 Å². The molecule has 20 heavy (non-hydrogen) atoms. The first-order valence-corrected chi connectivity index (χ1v) is 6.26. The van der Waals surface area contributed by atoms with Crippen LogP contribution < -0.4 is 10.6 Å². The molecular weight excluding hydrogens is 266 g/mol. The molecule has 1 aromatic rings. The molecule has 1 fully saturated rings. The maximum absolute atomic E-state index is 13.7. The van der Waals surface area contributed by atoms with Gasteiger partial charge in [0.1, 0.15) is 23.7 Å². The zero-order valence-electron chi connectivity index (χ0n) is 11.5. The van der Waals surface area contributed by atoms with Gasteiger partial charge in [-0.05, 0) is 23.6 Å². The molecule has 1 unspecified atom stereocenters. The summed E-state index contributed by atoms with van der Waals surface area (Å²) >= 11 is 0. The average molecular weight is 282 g/mol. The van der Waals surface area contributed by atoms with Gasteiger partial charge in [-0.1, -0.05) is 20.8 Å². The Kier molecular flexibility index (Phi) is 3.50. The Morgan fingerprint density at radius 1 is 1.05 bits per heavy atom. The van der Waals surface area contributed by atoms with E-state index in [1.165, 1.54) is 0 Å². The van der Waals surface area contributed by atoms with Gasteiger partial charge in [0, 0.05) is 5.56 Å². The van der Waals surface area contributed by atoms with Crippen molar-refractivity contribution in [2.45, 2.75) is 32.9 Å². The van der Waals surface area contributed by atoms with Crippen LogP contribution in [0, 0.1) is 17.0 Å². The van der Waals surface area contributed by atoms with Crippen LogP contribution in [-0.4, -0.2) is 17.9 Å². The summed E-state index contributed by atoms with van der Waals surface area (Å²) in [5.74, 6) is -2.36. The topological polar surface area (TPSA) is 58.2 Å². The number of rotatable bonds is 1. The molecule has 0 aromatic heterocycles. The molecule has 108 valence electrons. The highest BCUT2D eigenvalue weighted by Crippen LogP contribution is 2.26. The van der Waals surface area contributed by atoms with Crippen LogP contribution in [0.4, 0.5) is 8.78 Å². The number of hydrogen-bond acceptors (Lipinski definition) is 2. The number of amides is 2. The molecule has 2 N–H and O–H groups in total. The van der Waals surface area contributed by atoms with Crippen molar-refractivity contribution < 1.29 is 18.4 Å². The summed E-state index contributed by atoms with van der Waals surface area (Å²) in [5.41, 5.74) is -0.645. The molecule has 0 bridgehead atoms. The summed E-state index contributed by atoms with van der Waals surface area (Å²) in [6, 6.07) is 0.885. The van der Waals surface area contributed by atoms with Crippen molar-refractivity contribution in [2.75, 3.05) is 0 Å². The lowest BCUT2D eigenvalue weighted by atomic mass is 9.84. The van der Waals surface area contributed by atoms with Crippen LogP contribution >= 0.6 is 0 Å². The first-order chi connectivity index (χ1) is 9.20. The molecule has 1 aliphatic heterocycles. The summed E-state index contributed by atoms with van der Waals surface area (Å²) in [7, 11) is 0. The third-order valence-electron chi connectivity index (χ3n) is 3.23. The molecule has 1 heterocycles. The second-order valence-corrected chi connectivity index (χ2v) is 5.92. The van der Waals surface area contributed by atoms with Crippen LogP contribution in [0.15, 0.2) is 18.2 Å². The highest BCUT2D eigenvalue weighted by molar-refractivity contribution is 5.97. The lowest BCUT2D eigenvalue weighted by Gasteiger charge is -2.36. The first kappa shape index (κ1) is 14.4. The van der Waals surface area contributed by atoms with E-state index in [1.807, 2.05) is 0 Å². The second-order valence-electron chi connectivity index (χ2n) is 5.92. The molecule has 2 atom stereocenters. The van der Waals surface area contributed by atoms with Crippen molar-refractivity contribution in [3.05, 3.63) is 35.4 Å². The highest BCUT2D eigenvalue weighted by Gasteiger charge is 2.41. The number of halogens is 2. The highest BCUT2D eigenvalue weighted by atomic mass is 19.1. The lowest BCUT2D eigenvalue weighted by molar-refractivity contribution is -0.139. The van der Waals surface area contributed by atoms with E-state index in [-0.39, 0.29) is 5.56 Å². The fourth-order valence-electron chi connectivity index (χ4n) is 2.15. The van der Waals surface area contributed by atoms with Gasteiger partial charge in [-0.3, -0.25) is 9.59 Å². The maximum atomic E-state index is 13.7. The van der Waals surface area contributed by atoms with Crippen molar-refractivity contribution in [2.24, 2.45) is 5.41 Å². The van der Waals surface area contributed by atoms with Crippen molar-refractivity contribution >= 4 is 11.8 Å². The van der Waals surface area contributed by atoms with Gasteiger partial charge in [0.05, 0.1) is 0 Å². The molecular formula is C14H16F2N2O2. The number of hydrogen-bond donors (Lipinski definition) is 2. The number of piperazine rings is 1. The molecule has 0 saturated carbocycles. The summed E-state index contributed by atoms with van der Waals surface area (Å²) in [4.78, 5) is 24.1. The maximum Gasteiger partial charge on any atom is 0.248 e. The van der Waals surface area contributed by atoms with Crippen LogP contribution in [0.3, 0.4) is 0 Å². The monoisotopic (exact) mass is 282 g/mol. The summed E-state index contributed by atoms with van der Waals surface area (Å²) in [5, 5.41) is 5.01. The molecule has 0 radical (unpaired) electrons. The van der Waals surface area contributed by atoms with Crippen LogP contribution in [-0.2, 0) is 9.59 Å². The Bertz CT molecular complexity index is 567. The zero-order valence-corrected chi connectivity index (χ0v) is 11.5. The SMILES string of the molecule is CC(C)(C)[C@@H]1NC(=O)C(c2cc(F)ccc2F)NC1=O. The van der Waals surface area contributed by atoms with Gasteiger partial charge >= 0.3 is 0 Å². The van der Waals surface area contributed by atoms with Gasteiger partial charge in [-0.15, -0.1) is 0 Å². The molecule has 1 aromatic carbocycles. The Morgan fingerprint density at radius 3 is 2.30 bits per heavy atom. The number of benzene rings is 1. The molecule has 0 spiro atoms. The van der Waals surface area contributed by atoms with Crippen LogP contribution in [0.25, 0.3) is 0 Å². The largest absolute Gasteiger partial charge is 0.342 e. The number of carbonyl (C=O) groups is 2. The fourth-order valence-corrected chi connectivity index (χ4v) is 2.15. The molecule has 0 aliphatic carbocycles. The first-order valence-electron chi connectivity index (χ1n) is 6.26. The predicted molar refractivity (Wildman–Crippen MR) is 68.6 cm³/mol. The molecule has 4 nitrogen and oxygen atoms in total. The van der Waals surface area contributed by atoms with Gasteiger partial charge in [-0.25, -0.2) is 8.78 Å². The molecule has 6 heteroatoms. The third-order valence-corrected chi connectivity index (χ3v) is 3.23. The Labute approximate surface area is 115 Å². The van der Waals surface area contributed by atoms with Crippen molar-refractivity contribution in [3.63, 3.8) is 0 Å². The lowest BCUT2D eigenvalue weighted by Crippen LogP contribution is -2.62. The van der Waals surface area contributed by atoms with E-state index in [0.717, 1.165) is 18.2 Å². The Balaban J connectivity index is 2.31. The minimum absolute atomic E-state index is 0.178. The van der Waals surface area contributed by atoms with E-state index in [4.69, 9.17) is 0 Å².